The molecule has 0 unspecified atom stereocenters. The maximum Gasteiger partial charge on any atom is 0.253 e. The summed E-state index contributed by atoms with van der Waals surface area (Å²) in [7, 11) is 0. The van der Waals surface area contributed by atoms with Gasteiger partial charge in [-0.3, -0.25) is 4.79 Å². The molecular formula is C27H23F2N5OS. The van der Waals surface area contributed by atoms with E-state index in [9.17, 15) is 13.6 Å². The largest absolute Gasteiger partial charge is 0.347 e. The number of allylic oxidation sites excluding steroid dienone is 2. The highest BCUT2D eigenvalue weighted by atomic mass is 32.1. The maximum atomic E-state index is 13.6. The van der Waals surface area contributed by atoms with Crippen molar-refractivity contribution in [2.24, 2.45) is 0 Å². The molecule has 0 saturated heterocycles. The second kappa shape index (κ2) is 9.87. The zero-order chi connectivity index (χ0) is 25.2. The van der Waals surface area contributed by atoms with Crippen LogP contribution in [0.3, 0.4) is 0 Å². The van der Waals surface area contributed by atoms with E-state index in [4.69, 9.17) is 5.10 Å². The number of fused-ring (bicyclic) bond motifs is 1. The zero-order valence-corrected chi connectivity index (χ0v) is 20.4. The van der Waals surface area contributed by atoms with E-state index in [0.29, 0.717) is 23.4 Å². The molecule has 1 amide bonds. The number of thiophene rings is 1. The number of rotatable bonds is 7. The zero-order valence-electron chi connectivity index (χ0n) is 19.5. The van der Waals surface area contributed by atoms with Crippen molar-refractivity contribution >= 4 is 28.3 Å². The summed E-state index contributed by atoms with van der Waals surface area (Å²) < 4.78 is 28.7. The molecule has 0 radical (unpaired) electrons. The summed E-state index contributed by atoms with van der Waals surface area (Å²) in [5.41, 5.74) is 3.19. The van der Waals surface area contributed by atoms with Crippen LogP contribution in [0.1, 0.15) is 17.4 Å². The molecule has 1 aliphatic rings. The Morgan fingerprint density at radius 3 is 2.83 bits per heavy atom. The number of hydrogen-bond acceptors (Lipinski definition) is 5. The lowest BCUT2D eigenvalue weighted by atomic mass is 10.1. The van der Waals surface area contributed by atoms with Crippen LogP contribution in [-0.2, 0) is 24.4 Å². The fourth-order valence-corrected chi connectivity index (χ4v) is 4.99. The number of hydrogen-bond donors (Lipinski definition) is 1. The second-order valence-electron chi connectivity index (χ2n) is 8.23. The Balaban J connectivity index is 1.25. The Morgan fingerprint density at radius 2 is 2.03 bits per heavy atom. The summed E-state index contributed by atoms with van der Waals surface area (Å²) in [6, 6.07) is 11.6. The third-order valence-corrected chi connectivity index (χ3v) is 6.98. The van der Waals surface area contributed by atoms with Gasteiger partial charge in [-0.1, -0.05) is 12.6 Å². The van der Waals surface area contributed by atoms with Gasteiger partial charge < -0.3 is 10.2 Å². The Bertz CT molecular complexity index is 1530. The molecule has 0 aliphatic carbocycles. The van der Waals surface area contributed by atoms with E-state index in [1.165, 1.54) is 6.07 Å². The van der Waals surface area contributed by atoms with Gasteiger partial charge >= 0.3 is 0 Å². The molecule has 1 aliphatic heterocycles. The van der Waals surface area contributed by atoms with Crippen molar-refractivity contribution in [1.29, 1.82) is 0 Å². The summed E-state index contributed by atoms with van der Waals surface area (Å²) in [4.78, 5) is 21.1. The predicted octanol–water partition coefficient (Wildman–Crippen LogP) is 5.54. The number of nitrogens with zero attached hydrogens (tertiary/aromatic N) is 4. The van der Waals surface area contributed by atoms with Crippen molar-refractivity contribution in [2.75, 3.05) is 0 Å². The first kappa shape index (κ1) is 23.6. The van der Waals surface area contributed by atoms with Gasteiger partial charge in [-0.05, 0) is 61.0 Å². The average molecular weight is 504 g/mol. The Morgan fingerprint density at radius 1 is 1.17 bits per heavy atom. The highest BCUT2D eigenvalue weighted by Crippen LogP contribution is 2.32. The fraction of sp³-hybridized carbons (Fsp3) is 0.148. The topological polar surface area (TPSA) is 63.1 Å². The number of halogens is 2. The molecule has 1 aromatic carbocycles. The Labute approximate surface area is 210 Å². The number of aromatic nitrogens is 3. The summed E-state index contributed by atoms with van der Waals surface area (Å²) in [5.74, 6) is -2.07. The van der Waals surface area contributed by atoms with Gasteiger partial charge in [0.15, 0.2) is 17.3 Å². The van der Waals surface area contributed by atoms with Crippen LogP contribution in [0.25, 0.3) is 21.6 Å². The SMILES string of the molecule is C=C1C(C(=O)NCc2ccc(-c3nn(CC)c4ncccc34)s2)=CC=CN1Cc1ccc(F)c(F)c1. The molecule has 0 saturated carbocycles. The van der Waals surface area contributed by atoms with Crippen molar-refractivity contribution in [3.8, 4) is 10.6 Å². The molecular weight excluding hydrogens is 480 g/mol. The lowest BCUT2D eigenvalue weighted by Crippen LogP contribution is -2.30. The number of carbonyl (C=O) groups excluding carboxylic acids is 1. The minimum atomic E-state index is -0.909. The number of amides is 1. The summed E-state index contributed by atoms with van der Waals surface area (Å²) in [6.07, 6.45) is 6.93. The maximum absolute atomic E-state index is 13.6. The standard InChI is InChI=1S/C27H23F2N5OS/c1-3-34-26-21(6-4-12-30-26)25(32-34)24-11-9-19(36-24)15-31-27(35)20-7-5-13-33(17(20)2)16-18-8-10-22(28)23(29)14-18/h4-14H,2-3,15-16H2,1H3,(H,31,35). The van der Waals surface area contributed by atoms with Crippen LogP contribution >= 0.6 is 11.3 Å². The van der Waals surface area contributed by atoms with Crippen molar-refractivity contribution < 1.29 is 13.6 Å². The van der Waals surface area contributed by atoms with Crippen LogP contribution in [0, 0.1) is 11.6 Å². The number of nitrogens with one attached hydrogen (secondary N) is 1. The van der Waals surface area contributed by atoms with Crippen LogP contribution in [0.2, 0.25) is 0 Å². The molecule has 36 heavy (non-hydrogen) atoms. The lowest BCUT2D eigenvalue weighted by molar-refractivity contribution is -0.117. The molecule has 182 valence electrons. The van der Waals surface area contributed by atoms with Crippen LogP contribution in [0.15, 0.2) is 84.9 Å². The minimum Gasteiger partial charge on any atom is -0.347 e. The van der Waals surface area contributed by atoms with Crippen molar-refractivity contribution in [2.45, 2.75) is 26.6 Å². The normalized spacial score (nSPS) is 13.4. The molecule has 4 heterocycles. The van der Waals surface area contributed by atoms with E-state index in [-0.39, 0.29) is 12.5 Å². The van der Waals surface area contributed by atoms with Crippen molar-refractivity contribution in [1.82, 2.24) is 25.0 Å². The predicted molar refractivity (Wildman–Crippen MR) is 137 cm³/mol. The highest BCUT2D eigenvalue weighted by Gasteiger charge is 2.20. The van der Waals surface area contributed by atoms with E-state index in [1.807, 2.05) is 35.9 Å². The summed E-state index contributed by atoms with van der Waals surface area (Å²) in [5, 5.41) is 8.67. The molecule has 0 fully saturated rings. The van der Waals surface area contributed by atoms with E-state index in [1.54, 1.807) is 40.8 Å². The fourth-order valence-electron chi connectivity index (χ4n) is 4.05. The van der Waals surface area contributed by atoms with Crippen LogP contribution in [-0.4, -0.2) is 25.6 Å². The smallest absolute Gasteiger partial charge is 0.253 e. The minimum absolute atomic E-state index is 0.263. The van der Waals surface area contributed by atoms with E-state index in [2.05, 4.69) is 16.9 Å². The molecule has 3 aromatic heterocycles. The monoisotopic (exact) mass is 503 g/mol. The summed E-state index contributed by atoms with van der Waals surface area (Å²) in [6.45, 7) is 7.41. The van der Waals surface area contributed by atoms with Crippen LogP contribution in [0.5, 0.6) is 0 Å². The number of carbonyl (C=O) groups is 1. The van der Waals surface area contributed by atoms with Gasteiger partial charge in [0.2, 0.25) is 0 Å². The number of benzene rings is 1. The van der Waals surface area contributed by atoms with E-state index < -0.39 is 11.6 Å². The van der Waals surface area contributed by atoms with E-state index >= 15 is 0 Å². The molecule has 0 spiro atoms. The quantitative estimate of drug-likeness (QED) is 0.360. The third-order valence-electron chi connectivity index (χ3n) is 5.89. The van der Waals surface area contributed by atoms with Gasteiger partial charge in [0.25, 0.3) is 5.91 Å². The number of pyridine rings is 1. The van der Waals surface area contributed by atoms with Gasteiger partial charge in [-0.2, -0.15) is 5.10 Å². The Hall–Kier alpha value is -4.11. The first-order chi connectivity index (χ1) is 17.4. The van der Waals surface area contributed by atoms with Crippen LogP contribution < -0.4 is 5.32 Å². The molecule has 5 rings (SSSR count). The summed E-state index contributed by atoms with van der Waals surface area (Å²) >= 11 is 1.57. The van der Waals surface area contributed by atoms with Crippen LogP contribution in [0.4, 0.5) is 8.78 Å². The first-order valence-corrected chi connectivity index (χ1v) is 12.2. The first-order valence-electron chi connectivity index (χ1n) is 11.4. The van der Waals surface area contributed by atoms with Gasteiger partial charge in [0.05, 0.1) is 17.0 Å². The van der Waals surface area contributed by atoms with Crippen molar-refractivity contribution in [3.05, 3.63) is 107 Å². The molecule has 4 aromatic rings. The molecule has 6 nitrogen and oxygen atoms in total. The van der Waals surface area contributed by atoms with Gasteiger partial charge in [-0.25, -0.2) is 18.4 Å². The third kappa shape index (κ3) is 4.57. The van der Waals surface area contributed by atoms with Gasteiger partial charge in [0.1, 0.15) is 5.69 Å². The lowest BCUT2D eigenvalue weighted by Gasteiger charge is -2.26. The highest BCUT2D eigenvalue weighted by molar-refractivity contribution is 7.15. The Kier molecular flexibility index (Phi) is 6.47. The molecule has 0 bridgehead atoms. The molecule has 9 heteroatoms. The molecule has 0 atom stereocenters. The average Bonchev–Trinajstić information content (AvgIpc) is 3.50. The van der Waals surface area contributed by atoms with E-state index in [0.717, 1.165) is 45.2 Å². The van der Waals surface area contributed by atoms with Gasteiger partial charge in [0, 0.05) is 41.4 Å². The molecule has 1 N–H and O–H groups in total. The van der Waals surface area contributed by atoms with Gasteiger partial charge in [-0.15, -0.1) is 11.3 Å². The number of aryl methyl sites for hydroxylation is 1. The van der Waals surface area contributed by atoms with Crippen molar-refractivity contribution in [3.63, 3.8) is 0 Å². The second-order valence-corrected chi connectivity index (χ2v) is 9.40.